The van der Waals surface area contributed by atoms with E-state index in [0.29, 0.717) is 18.6 Å². The maximum Gasteiger partial charge on any atom is 0.359 e. The molecule has 1 saturated heterocycles. The number of rotatable bonds is 5. The molecule has 33 heavy (non-hydrogen) atoms. The lowest BCUT2D eigenvalue weighted by molar-refractivity contribution is -0.221. The SMILES string of the molecule is COc1ccc(COC2C(O)C(O)C(OC(=O)C(Cl)(Cl)Cl)C3OC4(CCCCC4)OC23)cc1. The van der Waals surface area contributed by atoms with Crippen molar-refractivity contribution in [3.8, 4) is 5.75 Å². The largest absolute Gasteiger partial charge is 0.497 e. The van der Waals surface area contributed by atoms with Crippen LogP contribution in [0.1, 0.15) is 37.7 Å². The Morgan fingerprint density at radius 3 is 2.18 bits per heavy atom. The summed E-state index contributed by atoms with van der Waals surface area (Å²) in [4.78, 5) is 12.2. The number of aliphatic hydroxyl groups is 2. The normalized spacial score (nSPS) is 33.5. The summed E-state index contributed by atoms with van der Waals surface area (Å²) in [6, 6.07) is 7.27. The van der Waals surface area contributed by atoms with Crippen molar-refractivity contribution < 1.29 is 38.7 Å². The molecule has 1 aliphatic heterocycles. The van der Waals surface area contributed by atoms with Gasteiger partial charge in [0.15, 0.2) is 11.9 Å². The molecule has 1 heterocycles. The fourth-order valence-corrected chi connectivity index (χ4v) is 4.84. The van der Waals surface area contributed by atoms with Crippen LogP contribution in [-0.2, 0) is 30.3 Å². The predicted molar refractivity (Wildman–Crippen MR) is 119 cm³/mol. The molecule has 2 aliphatic carbocycles. The fraction of sp³-hybridized carbons (Fsp3) is 0.682. The van der Waals surface area contributed by atoms with E-state index in [1.165, 1.54) is 0 Å². The number of carbonyl (C=O) groups excluding carboxylic acids is 1. The average Bonchev–Trinajstić information content (AvgIpc) is 3.14. The van der Waals surface area contributed by atoms with Crippen molar-refractivity contribution in [1.29, 1.82) is 0 Å². The molecule has 0 radical (unpaired) electrons. The second-order valence-electron chi connectivity index (χ2n) is 8.61. The zero-order valence-electron chi connectivity index (χ0n) is 18.0. The molecule has 0 bridgehead atoms. The molecule has 11 heteroatoms. The smallest absolute Gasteiger partial charge is 0.359 e. The molecule has 8 nitrogen and oxygen atoms in total. The van der Waals surface area contributed by atoms with E-state index in [1.807, 2.05) is 12.1 Å². The van der Waals surface area contributed by atoms with Crippen LogP contribution >= 0.6 is 34.8 Å². The van der Waals surface area contributed by atoms with Crippen molar-refractivity contribution in [3.63, 3.8) is 0 Å². The van der Waals surface area contributed by atoms with Crippen LogP contribution in [0.25, 0.3) is 0 Å². The van der Waals surface area contributed by atoms with Crippen molar-refractivity contribution in [2.75, 3.05) is 7.11 Å². The summed E-state index contributed by atoms with van der Waals surface area (Å²) < 4.78 is 26.7. The summed E-state index contributed by atoms with van der Waals surface area (Å²) in [6.07, 6.45) is -2.76. The Kier molecular flexibility index (Phi) is 7.68. The molecule has 184 valence electrons. The molecule has 2 saturated carbocycles. The van der Waals surface area contributed by atoms with Crippen LogP contribution < -0.4 is 4.74 Å². The van der Waals surface area contributed by atoms with Gasteiger partial charge < -0.3 is 33.9 Å². The highest BCUT2D eigenvalue weighted by Gasteiger charge is 2.62. The number of methoxy groups -OCH3 is 1. The van der Waals surface area contributed by atoms with Crippen molar-refractivity contribution >= 4 is 40.8 Å². The number of esters is 1. The Balaban J connectivity index is 1.55. The topological polar surface area (TPSA) is 104 Å². The van der Waals surface area contributed by atoms with Gasteiger partial charge in [0.1, 0.15) is 36.3 Å². The predicted octanol–water partition coefficient (Wildman–Crippen LogP) is 3.04. The molecule has 4 rings (SSSR count). The van der Waals surface area contributed by atoms with E-state index in [0.717, 1.165) is 24.8 Å². The first-order valence-electron chi connectivity index (χ1n) is 10.9. The zero-order chi connectivity index (χ0) is 23.8. The number of hydrogen-bond donors (Lipinski definition) is 2. The second kappa shape index (κ2) is 10.0. The van der Waals surface area contributed by atoms with E-state index in [4.69, 9.17) is 58.5 Å². The number of carbonyl (C=O) groups is 1. The number of hydrogen-bond acceptors (Lipinski definition) is 8. The number of halogens is 3. The lowest BCUT2D eigenvalue weighted by atomic mass is 9.84. The minimum Gasteiger partial charge on any atom is -0.497 e. The number of fused-ring (bicyclic) bond motifs is 1. The number of ether oxygens (including phenoxy) is 5. The minimum absolute atomic E-state index is 0.149. The van der Waals surface area contributed by atoms with Gasteiger partial charge in [-0.15, -0.1) is 0 Å². The maximum atomic E-state index is 12.2. The number of benzene rings is 1. The van der Waals surface area contributed by atoms with Gasteiger partial charge in [0.2, 0.25) is 0 Å². The van der Waals surface area contributed by atoms with Gasteiger partial charge in [0.05, 0.1) is 13.7 Å². The van der Waals surface area contributed by atoms with Gasteiger partial charge in [-0.2, -0.15) is 0 Å². The van der Waals surface area contributed by atoms with Gasteiger partial charge in [-0.25, -0.2) is 4.79 Å². The van der Waals surface area contributed by atoms with E-state index >= 15 is 0 Å². The molecule has 3 fully saturated rings. The average molecular weight is 526 g/mol. The van der Waals surface area contributed by atoms with Crippen LogP contribution in [0.5, 0.6) is 5.75 Å². The van der Waals surface area contributed by atoms with Crippen LogP contribution in [0.2, 0.25) is 0 Å². The standard InChI is InChI=1S/C22H27Cl3O8/c1-29-13-7-5-12(6-8-13)11-30-16-14(26)15(27)17(31-20(28)22(23,24)25)19-18(16)32-21(33-19)9-3-2-4-10-21/h5-8,14-19,26-27H,2-4,9-11H2,1H3. The molecular weight excluding hydrogens is 499 g/mol. The van der Waals surface area contributed by atoms with Gasteiger partial charge in [-0.05, 0) is 30.5 Å². The third-order valence-electron chi connectivity index (χ3n) is 6.39. The maximum absolute atomic E-state index is 12.2. The first-order chi connectivity index (χ1) is 15.6. The van der Waals surface area contributed by atoms with Gasteiger partial charge in [-0.1, -0.05) is 53.4 Å². The van der Waals surface area contributed by atoms with E-state index in [1.54, 1.807) is 19.2 Å². The van der Waals surface area contributed by atoms with Gasteiger partial charge in [0, 0.05) is 12.8 Å². The molecule has 0 amide bonds. The summed E-state index contributed by atoms with van der Waals surface area (Å²) in [6.45, 7) is 0.149. The van der Waals surface area contributed by atoms with Gasteiger partial charge >= 0.3 is 5.97 Å². The summed E-state index contributed by atoms with van der Waals surface area (Å²) >= 11 is 16.9. The molecule has 6 atom stereocenters. The van der Waals surface area contributed by atoms with E-state index < -0.39 is 52.2 Å². The highest BCUT2D eigenvalue weighted by molar-refractivity contribution is 6.75. The Morgan fingerprint density at radius 2 is 1.61 bits per heavy atom. The zero-order valence-corrected chi connectivity index (χ0v) is 20.3. The van der Waals surface area contributed by atoms with E-state index in [9.17, 15) is 15.0 Å². The van der Waals surface area contributed by atoms with Crippen LogP contribution in [0.15, 0.2) is 24.3 Å². The van der Waals surface area contributed by atoms with E-state index in [2.05, 4.69) is 0 Å². The molecule has 0 aromatic heterocycles. The summed E-state index contributed by atoms with van der Waals surface area (Å²) in [7, 11) is 1.58. The Bertz CT molecular complexity index is 824. The molecule has 1 aromatic rings. The van der Waals surface area contributed by atoms with Crippen molar-refractivity contribution in [2.24, 2.45) is 0 Å². The minimum atomic E-state index is -2.34. The quantitative estimate of drug-likeness (QED) is 0.447. The monoisotopic (exact) mass is 524 g/mol. The Morgan fingerprint density at radius 1 is 1.03 bits per heavy atom. The van der Waals surface area contributed by atoms with Crippen LogP contribution in [0.4, 0.5) is 0 Å². The summed E-state index contributed by atoms with van der Waals surface area (Å²) in [5.74, 6) is -1.37. The lowest BCUT2D eigenvalue weighted by Gasteiger charge is -2.42. The molecule has 1 spiro atoms. The van der Waals surface area contributed by atoms with Crippen LogP contribution in [-0.4, -0.2) is 69.5 Å². The molecule has 3 aliphatic rings. The number of alkyl halides is 3. The van der Waals surface area contributed by atoms with Crippen molar-refractivity contribution in [1.82, 2.24) is 0 Å². The van der Waals surface area contributed by atoms with Crippen LogP contribution in [0, 0.1) is 0 Å². The Hall–Kier alpha value is -0.840. The molecular formula is C22H27Cl3O8. The lowest BCUT2D eigenvalue weighted by Crippen LogP contribution is -2.64. The highest BCUT2D eigenvalue weighted by atomic mass is 35.6. The first-order valence-corrected chi connectivity index (χ1v) is 12.0. The van der Waals surface area contributed by atoms with Gasteiger partial charge in [-0.3, -0.25) is 0 Å². The third-order valence-corrected chi connectivity index (χ3v) is 6.85. The number of aliphatic hydroxyl groups excluding tert-OH is 2. The molecule has 2 N–H and O–H groups in total. The van der Waals surface area contributed by atoms with E-state index in [-0.39, 0.29) is 6.61 Å². The summed E-state index contributed by atoms with van der Waals surface area (Å²) in [5.41, 5.74) is 0.838. The molecule has 6 unspecified atom stereocenters. The van der Waals surface area contributed by atoms with Crippen molar-refractivity contribution in [2.45, 2.75) is 84.9 Å². The highest BCUT2D eigenvalue weighted by Crippen LogP contribution is 2.46. The summed E-state index contributed by atoms with van der Waals surface area (Å²) in [5, 5.41) is 21.7. The molecule has 1 aromatic carbocycles. The Labute approximate surface area is 206 Å². The second-order valence-corrected chi connectivity index (χ2v) is 10.9. The first kappa shape index (κ1) is 25.3. The van der Waals surface area contributed by atoms with Crippen molar-refractivity contribution in [3.05, 3.63) is 29.8 Å². The third kappa shape index (κ3) is 5.38. The fourth-order valence-electron chi connectivity index (χ4n) is 4.70. The van der Waals surface area contributed by atoms with Gasteiger partial charge in [0.25, 0.3) is 3.79 Å². The van der Waals surface area contributed by atoms with Crippen LogP contribution in [0.3, 0.4) is 0 Å².